The van der Waals surface area contributed by atoms with Crippen molar-refractivity contribution in [3.63, 3.8) is 0 Å². The lowest BCUT2D eigenvalue weighted by molar-refractivity contribution is -0.128. The molecule has 0 radical (unpaired) electrons. The molecule has 2 aliphatic heterocycles. The third-order valence-electron chi connectivity index (χ3n) is 5.72. The Bertz CT molecular complexity index is 828. The van der Waals surface area contributed by atoms with Gasteiger partial charge in [-0.1, -0.05) is 18.2 Å². The van der Waals surface area contributed by atoms with E-state index in [1.54, 1.807) is 0 Å². The standard InChI is InChI=1S/C21H24N4O2/c26-21(19-9-7-16-3-1-2-4-18(16)27-19)22-11-14-12-25(13-14)20-10-8-17(23-24-20)15-5-6-15/h1-4,8,10,14-15,19H,5-7,9,11-13H2,(H,22,26). The van der Waals surface area contributed by atoms with Gasteiger partial charge in [-0.25, -0.2) is 0 Å². The number of carbonyl (C=O) groups excluding carboxylic acids is 1. The summed E-state index contributed by atoms with van der Waals surface area (Å²) in [6.07, 6.45) is 3.74. The number of hydrogen-bond donors (Lipinski definition) is 1. The highest BCUT2D eigenvalue weighted by molar-refractivity contribution is 5.81. The summed E-state index contributed by atoms with van der Waals surface area (Å²) in [7, 11) is 0. The number of aromatic nitrogens is 2. The van der Waals surface area contributed by atoms with Crippen LogP contribution in [0.3, 0.4) is 0 Å². The maximum Gasteiger partial charge on any atom is 0.261 e. The van der Waals surface area contributed by atoms with E-state index in [9.17, 15) is 4.79 Å². The second-order valence-electron chi connectivity index (χ2n) is 7.86. The van der Waals surface area contributed by atoms with E-state index in [0.717, 1.165) is 43.2 Å². The second kappa shape index (κ2) is 6.83. The molecule has 6 nitrogen and oxygen atoms in total. The number of para-hydroxylation sites is 1. The lowest BCUT2D eigenvalue weighted by atomic mass is 9.99. The highest BCUT2D eigenvalue weighted by atomic mass is 16.5. The lowest BCUT2D eigenvalue weighted by Crippen LogP contribution is -2.53. The first kappa shape index (κ1) is 16.5. The summed E-state index contributed by atoms with van der Waals surface area (Å²) in [5.41, 5.74) is 2.31. The third kappa shape index (κ3) is 3.48. The van der Waals surface area contributed by atoms with Gasteiger partial charge >= 0.3 is 0 Å². The molecular weight excluding hydrogens is 340 g/mol. The molecule has 1 saturated carbocycles. The van der Waals surface area contributed by atoms with E-state index in [-0.39, 0.29) is 12.0 Å². The summed E-state index contributed by atoms with van der Waals surface area (Å²) in [6.45, 7) is 2.50. The van der Waals surface area contributed by atoms with Crippen LogP contribution in [0.25, 0.3) is 0 Å². The molecule has 1 aromatic carbocycles. The van der Waals surface area contributed by atoms with Crippen LogP contribution < -0.4 is 15.0 Å². The molecule has 1 atom stereocenters. The molecule has 1 amide bonds. The minimum absolute atomic E-state index is 0.00321. The molecule has 5 rings (SSSR count). The molecule has 2 aromatic rings. The largest absolute Gasteiger partial charge is 0.480 e. The number of nitrogens with zero attached hydrogens (tertiary/aromatic N) is 3. The Labute approximate surface area is 158 Å². The summed E-state index contributed by atoms with van der Waals surface area (Å²) < 4.78 is 5.86. The first-order valence-corrected chi connectivity index (χ1v) is 9.87. The summed E-state index contributed by atoms with van der Waals surface area (Å²) in [5.74, 6) is 2.87. The molecule has 3 heterocycles. The number of amides is 1. The summed E-state index contributed by atoms with van der Waals surface area (Å²) in [4.78, 5) is 14.7. The fraction of sp³-hybridized carbons (Fsp3) is 0.476. The van der Waals surface area contributed by atoms with Crippen molar-refractivity contribution in [1.29, 1.82) is 0 Å². The quantitative estimate of drug-likeness (QED) is 0.882. The van der Waals surface area contributed by atoms with Crippen molar-refractivity contribution >= 4 is 11.7 Å². The number of rotatable bonds is 5. The van der Waals surface area contributed by atoms with Gasteiger partial charge in [0.1, 0.15) is 5.75 Å². The van der Waals surface area contributed by atoms with Gasteiger partial charge in [-0.05, 0) is 49.4 Å². The van der Waals surface area contributed by atoms with Gasteiger partial charge < -0.3 is 15.0 Å². The van der Waals surface area contributed by atoms with Gasteiger partial charge in [0.2, 0.25) is 0 Å². The Morgan fingerprint density at radius 1 is 1.11 bits per heavy atom. The second-order valence-corrected chi connectivity index (χ2v) is 7.86. The maximum absolute atomic E-state index is 12.4. The van der Waals surface area contributed by atoms with Crippen molar-refractivity contribution in [3.8, 4) is 5.75 Å². The Morgan fingerprint density at radius 3 is 2.74 bits per heavy atom. The van der Waals surface area contributed by atoms with E-state index in [4.69, 9.17) is 4.74 Å². The summed E-state index contributed by atoms with van der Waals surface area (Å²) in [6, 6.07) is 12.1. The minimum Gasteiger partial charge on any atom is -0.480 e. The van der Waals surface area contributed by atoms with Crippen LogP contribution in [0.5, 0.6) is 5.75 Å². The highest BCUT2D eigenvalue weighted by Gasteiger charge is 2.31. The smallest absolute Gasteiger partial charge is 0.261 e. The molecule has 0 spiro atoms. The van der Waals surface area contributed by atoms with Crippen molar-refractivity contribution in [2.75, 3.05) is 24.5 Å². The Morgan fingerprint density at radius 2 is 1.96 bits per heavy atom. The zero-order chi connectivity index (χ0) is 18.2. The van der Waals surface area contributed by atoms with Crippen molar-refractivity contribution < 1.29 is 9.53 Å². The zero-order valence-electron chi connectivity index (χ0n) is 15.3. The average Bonchev–Trinajstić information content (AvgIpc) is 3.52. The molecule has 6 heteroatoms. The van der Waals surface area contributed by atoms with Crippen molar-refractivity contribution in [2.45, 2.75) is 37.7 Å². The van der Waals surface area contributed by atoms with Gasteiger partial charge in [0.25, 0.3) is 5.91 Å². The minimum atomic E-state index is -0.378. The molecule has 0 bridgehead atoms. The van der Waals surface area contributed by atoms with Gasteiger partial charge in [0.15, 0.2) is 11.9 Å². The van der Waals surface area contributed by atoms with Crippen molar-refractivity contribution in [1.82, 2.24) is 15.5 Å². The monoisotopic (exact) mass is 364 g/mol. The van der Waals surface area contributed by atoms with Gasteiger partial charge in [-0.15, -0.1) is 5.10 Å². The molecule has 1 unspecified atom stereocenters. The van der Waals surface area contributed by atoms with E-state index in [1.165, 1.54) is 18.4 Å². The Kier molecular flexibility index (Phi) is 4.19. The van der Waals surface area contributed by atoms with Crippen LogP contribution >= 0.6 is 0 Å². The van der Waals surface area contributed by atoms with Gasteiger partial charge in [-0.3, -0.25) is 4.79 Å². The van der Waals surface area contributed by atoms with Gasteiger partial charge in [-0.2, -0.15) is 5.10 Å². The topological polar surface area (TPSA) is 67.4 Å². The van der Waals surface area contributed by atoms with Gasteiger partial charge in [0, 0.05) is 31.5 Å². The van der Waals surface area contributed by atoms with E-state index >= 15 is 0 Å². The highest BCUT2D eigenvalue weighted by Crippen LogP contribution is 2.39. The molecule has 27 heavy (non-hydrogen) atoms. The first-order chi connectivity index (χ1) is 13.3. The lowest BCUT2D eigenvalue weighted by Gasteiger charge is -2.40. The number of fused-ring (bicyclic) bond motifs is 1. The van der Waals surface area contributed by atoms with Crippen LogP contribution in [-0.4, -0.2) is 41.8 Å². The van der Waals surface area contributed by atoms with E-state index < -0.39 is 0 Å². The summed E-state index contributed by atoms with van der Waals surface area (Å²) >= 11 is 0. The average molecular weight is 364 g/mol. The van der Waals surface area contributed by atoms with Gasteiger partial charge in [0.05, 0.1) is 5.69 Å². The molecule has 2 fully saturated rings. The number of aryl methyl sites for hydroxylation is 1. The molecule has 140 valence electrons. The molecule has 1 aromatic heterocycles. The zero-order valence-corrected chi connectivity index (χ0v) is 15.3. The van der Waals surface area contributed by atoms with Crippen LogP contribution in [-0.2, 0) is 11.2 Å². The Balaban J connectivity index is 1.08. The number of benzene rings is 1. The first-order valence-electron chi connectivity index (χ1n) is 9.87. The van der Waals surface area contributed by atoms with Crippen molar-refractivity contribution in [2.24, 2.45) is 5.92 Å². The van der Waals surface area contributed by atoms with Crippen LogP contribution in [0.1, 0.15) is 36.4 Å². The fourth-order valence-corrected chi connectivity index (χ4v) is 3.85. The maximum atomic E-state index is 12.4. The van der Waals surface area contributed by atoms with E-state index in [2.05, 4.69) is 38.6 Å². The third-order valence-corrected chi connectivity index (χ3v) is 5.72. The van der Waals surface area contributed by atoms with E-state index in [1.807, 2.05) is 18.2 Å². The number of ether oxygens (including phenoxy) is 1. The van der Waals surface area contributed by atoms with Crippen LogP contribution in [0.15, 0.2) is 36.4 Å². The van der Waals surface area contributed by atoms with Crippen molar-refractivity contribution in [3.05, 3.63) is 47.7 Å². The normalized spacial score (nSPS) is 21.8. The number of anilines is 1. The molecule has 1 aliphatic carbocycles. The van der Waals surface area contributed by atoms with Crippen LogP contribution in [0.2, 0.25) is 0 Å². The molecular formula is C21H24N4O2. The number of hydrogen-bond acceptors (Lipinski definition) is 5. The predicted octanol–water partition coefficient (Wildman–Crippen LogP) is 2.30. The molecule has 1 saturated heterocycles. The fourth-order valence-electron chi connectivity index (χ4n) is 3.85. The predicted molar refractivity (Wildman–Crippen MR) is 102 cm³/mol. The summed E-state index contributed by atoms with van der Waals surface area (Å²) in [5, 5.41) is 11.8. The number of carbonyl (C=O) groups is 1. The Hall–Kier alpha value is -2.63. The molecule has 3 aliphatic rings. The number of nitrogens with one attached hydrogen (secondary N) is 1. The van der Waals surface area contributed by atoms with Crippen LogP contribution in [0.4, 0.5) is 5.82 Å². The van der Waals surface area contributed by atoms with E-state index in [0.29, 0.717) is 18.4 Å². The molecule has 1 N–H and O–H groups in total. The SMILES string of the molecule is O=C(NCC1CN(c2ccc(C3CC3)nn2)C1)C1CCc2ccccc2O1. The van der Waals surface area contributed by atoms with Crippen LogP contribution in [0, 0.1) is 5.92 Å².